The molecule has 0 aromatic carbocycles. The summed E-state index contributed by atoms with van der Waals surface area (Å²) >= 11 is 3.05. The molecule has 28 heavy (non-hydrogen) atoms. The number of hydrogen-bond acceptors (Lipinski definition) is 7. The van der Waals surface area contributed by atoms with Crippen LogP contribution in [0.4, 0.5) is 5.13 Å². The van der Waals surface area contributed by atoms with Crippen molar-refractivity contribution in [3.63, 3.8) is 0 Å². The molecule has 1 N–H and O–H groups in total. The number of aromatic nitrogens is 5. The molecule has 4 aromatic rings. The van der Waals surface area contributed by atoms with Crippen molar-refractivity contribution >= 4 is 44.7 Å². The zero-order valence-corrected chi connectivity index (χ0v) is 17.0. The van der Waals surface area contributed by atoms with Crippen molar-refractivity contribution in [2.75, 3.05) is 5.32 Å². The van der Waals surface area contributed by atoms with Gasteiger partial charge in [-0.25, -0.2) is 9.67 Å². The third-order valence-electron chi connectivity index (χ3n) is 4.66. The summed E-state index contributed by atoms with van der Waals surface area (Å²) in [7, 11) is 0. The molecule has 0 radical (unpaired) electrons. The number of fused-ring (bicyclic) bond motifs is 1. The van der Waals surface area contributed by atoms with E-state index in [1.165, 1.54) is 11.3 Å². The maximum atomic E-state index is 13.1. The Hall–Kier alpha value is -2.65. The smallest absolute Gasteiger partial charge is 0.258 e. The van der Waals surface area contributed by atoms with Gasteiger partial charge >= 0.3 is 0 Å². The van der Waals surface area contributed by atoms with Crippen LogP contribution in [-0.4, -0.2) is 30.9 Å². The van der Waals surface area contributed by atoms with E-state index in [0.29, 0.717) is 22.3 Å². The van der Waals surface area contributed by atoms with E-state index >= 15 is 0 Å². The molecule has 0 atom stereocenters. The van der Waals surface area contributed by atoms with Gasteiger partial charge in [-0.15, -0.1) is 21.5 Å². The third kappa shape index (κ3) is 3.10. The predicted octanol–water partition coefficient (Wildman–Crippen LogP) is 4.72. The van der Waals surface area contributed by atoms with E-state index in [0.717, 1.165) is 33.8 Å². The molecule has 5 rings (SSSR count). The highest BCUT2D eigenvalue weighted by molar-refractivity contribution is 7.15. The van der Waals surface area contributed by atoms with Crippen molar-refractivity contribution in [2.45, 2.75) is 38.6 Å². The minimum atomic E-state index is -0.216. The van der Waals surface area contributed by atoms with Crippen LogP contribution >= 0.6 is 22.7 Å². The highest BCUT2D eigenvalue weighted by atomic mass is 32.1. The summed E-state index contributed by atoms with van der Waals surface area (Å²) in [6, 6.07) is 5.96. The highest BCUT2D eigenvalue weighted by Crippen LogP contribution is 2.42. The van der Waals surface area contributed by atoms with Gasteiger partial charge in [0.25, 0.3) is 5.91 Å². The molecule has 9 heteroatoms. The molecule has 1 aliphatic carbocycles. The van der Waals surface area contributed by atoms with Crippen LogP contribution in [0.5, 0.6) is 0 Å². The minimum Gasteiger partial charge on any atom is -0.296 e. The van der Waals surface area contributed by atoms with Crippen LogP contribution in [0.3, 0.4) is 0 Å². The number of anilines is 1. The first-order valence-electron chi connectivity index (χ1n) is 9.17. The number of hydrogen-bond donors (Lipinski definition) is 1. The van der Waals surface area contributed by atoms with Crippen LogP contribution in [0.1, 0.15) is 54.0 Å². The van der Waals surface area contributed by atoms with Crippen molar-refractivity contribution in [1.82, 2.24) is 25.0 Å². The summed E-state index contributed by atoms with van der Waals surface area (Å²) in [6.45, 7) is 4.10. The molecular weight excluding hydrogens is 392 g/mol. The number of amides is 1. The Bertz CT molecular complexity index is 1160. The van der Waals surface area contributed by atoms with Crippen molar-refractivity contribution < 1.29 is 4.79 Å². The first kappa shape index (κ1) is 17.4. The zero-order chi connectivity index (χ0) is 19.3. The summed E-state index contributed by atoms with van der Waals surface area (Å²) in [6.07, 6.45) is 4.03. The average Bonchev–Trinajstić information content (AvgIpc) is 3.10. The fourth-order valence-corrected chi connectivity index (χ4v) is 4.67. The number of carbonyl (C=O) groups excluding carboxylic acids is 1. The van der Waals surface area contributed by atoms with Crippen LogP contribution in [0.2, 0.25) is 0 Å². The lowest BCUT2D eigenvalue weighted by molar-refractivity contribution is 0.102. The summed E-state index contributed by atoms with van der Waals surface area (Å²) in [4.78, 5) is 18.9. The van der Waals surface area contributed by atoms with E-state index in [4.69, 9.17) is 4.98 Å². The van der Waals surface area contributed by atoms with Crippen molar-refractivity contribution in [1.29, 1.82) is 0 Å². The molecule has 0 bridgehead atoms. The van der Waals surface area contributed by atoms with E-state index in [9.17, 15) is 4.79 Å². The second-order valence-corrected chi connectivity index (χ2v) is 9.08. The van der Waals surface area contributed by atoms with Gasteiger partial charge in [0.15, 0.2) is 5.65 Å². The van der Waals surface area contributed by atoms with E-state index in [-0.39, 0.29) is 11.9 Å². The fraction of sp³-hybridized carbons (Fsp3) is 0.316. The maximum absolute atomic E-state index is 13.1. The van der Waals surface area contributed by atoms with Crippen LogP contribution in [-0.2, 0) is 0 Å². The number of carbonyl (C=O) groups is 1. The average molecular weight is 411 g/mol. The van der Waals surface area contributed by atoms with Crippen molar-refractivity contribution in [3.05, 3.63) is 40.3 Å². The molecule has 1 amide bonds. The molecular formula is C19H18N6OS2. The molecule has 1 aliphatic rings. The molecule has 0 aliphatic heterocycles. The normalized spacial score (nSPS) is 14.1. The molecule has 0 saturated heterocycles. The molecule has 0 spiro atoms. The lowest BCUT2D eigenvalue weighted by Crippen LogP contribution is -2.13. The monoisotopic (exact) mass is 410 g/mol. The zero-order valence-electron chi connectivity index (χ0n) is 15.4. The van der Waals surface area contributed by atoms with Gasteiger partial charge in [-0.1, -0.05) is 17.4 Å². The summed E-state index contributed by atoms with van der Waals surface area (Å²) in [5, 5.41) is 20.0. The lowest BCUT2D eigenvalue weighted by atomic mass is 10.1. The molecule has 4 heterocycles. The number of rotatable bonds is 5. The van der Waals surface area contributed by atoms with Gasteiger partial charge in [0.1, 0.15) is 5.01 Å². The SMILES string of the molecule is CC(C)n1ncc2c(C(=O)Nc3nnc(C4CC4)s3)cc(-c3cccs3)nc21. The van der Waals surface area contributed by atoms with Crippen LogP contribution in [0, 0.1) is 0 Å². The van der Waals surface area contributed by atoms with Gasteiger partial charge in [0, 0.05) is 12.0 Å². The Kier molecular flexibility index (Phi) is 4.21. The topological polar surface area (TPSA) is 85.6 Å². The van der Waals surface area contributed by atoms with Gasteiger partial charge in [-0.3, -0.25) is 10.1 Å². The van der Waals surface area contributed by atoms with Crippen LogP contribution in [0.15, 0.2) is 29.8 Å². The number of thiophene rings is 1. The maximum Gasteiger partial charge on any atom is 0.258 e. The first-order valence-corrected chi connectivity index (χ1v) is 10.9. The summed E-state index contributed by atoms with van der Waals surface area (Å²) in [5.74, 6) is 0.303. The lowest BCUT2D eigenvalue weighted by Gasteiger charge is -2.09. The molecule has 0 unspecified atom stereocenters. The largest absolute Gasteiger partial charge is 0.296 e. The first-order chi connectivity index (χ1) is 13.6. The van der Waals surface area contributed by atoms with Gasteiger partial charge in [0.2, 0.25) is 5.13 Å². The number of pyridine rings is 1. The molecule has 1 fully saturated rings. The second-order valence-electron chi connectivity index (χ2n) is 7.13. The number of nitrogens with zero attached hydrogens (tertiary/aromatic N) is 5. The molecule has 4 aromatic heterocycles. The molecule has 1 saturated carbocycles. The Morgan fingerprint density at radius 2 is 2.18 bits per heavy atom. The summed E-state index contributed by atoms with van der Waals surface area (Å²) < 4.78 is 1.85. The van der Waals surface area contributed by atoms with Crippen LogP contribution in [0.25, 0.3) is 21.6 Å². The quantitative estimate of drug-likeness (QED) is 0.514. The van der Waals surface area contributed by atoms with Gasteiger partial charge in [0.05, 0.1) is 27.7 Å². The van der Waals surface area contributed by atoms with Gasteiger partial charge in [-0.2, -0.15) is 5.10 Å². The Morgan fingerprint density at radius 1 is 1.32 bits per heavy atom. The Labute approximate surface area is 169 Å². The Balaban J connectivity index is 1.57. The second kappa shape index (κ2) is 6.75. The van der Waals surface area contributed by atoms with E-state index in [2.05, 4.69) is 20.6 Å². The van der Waals surface area contributed by atoms with Crippen molar-refractivity contribution in [3.8, 4) is 10.6 Å². The minimum absolute atomic E-state index is 0.142. The number of nitrogens with one attached hydrogen (secondary N) is 1. The molecule has 7 nitrogen and oxygen atoms in total. The fourth-order valence-electron chi connectivity index (χ4n) is 3.08. The van der Waals surface area contributed by atoms with Gasteiger partial charge < -0.3 is 0 Å². The van der Waals surface area contributed by atoms with E-state index in [1.54, 1.807) is 17.5 Å². The summed E-state index contributed by atoms with van der Waals surface area (Å²) in [5.41, 5.74) is 2.02. The standard InChI is InChI=1S/C19H18N6OS2/c1-10(2)25-16-13(9-20-25)12(8-14(21-16)15-4-3-7-27-15)17(26)22-19-24-23-18(28-19)11-5-6-11/h3-4,7-11H,5-6H2,1-2H3,(H,22,24,26). The Morgan fingerprint density at radius 3 is 2.89 bits per heavy atom. The molecule has 142 valence electrons. The predicted molar refractivity (Wildman–Crippen MR) is 111 cm³/mol. The van der Waals surface area contributed by atoms with Crippen molar-refractivity contribution in [2.24, 2.45) is 0 Å². The third-order valence-corrected chi connectivity index (χ3v) is 6.56. The van der Waals surface area contributed by atoms with Crippen LogP contribution < -0.4 is 5.32 Å². The van der Waals surface area contributed by atoms with E-state index < -0.39 is 0 Å². The van der Waals surface area contributed by atoms with Gasteiger partial charge in [-0.05, 0) is 44.2 Å². The van der Waals surface area contributed by atoms with E-state index in [1.807, 2.05) is 42.1 Å². The highest BCUT2D eigenvalue weighted by Gasteiger charge is 2.28.